The zero-order chi connectivity index (χ0) is 18.5. The average molecular weight is 371 g/mol. The van der Waals surface area contributed by atoms with Gasteiger partial charge in [0.15, 0.2) is 11.5 Å². The summed E-state index contributed by atoms with van der Waals surface area (Å²) in [7, 11) is 0. The highest BCUT2D eigenvalue weighted by atomic mass is 16.6. The average Bonchev–Trinajstić information content (AvgIpc) is 3.52. The minimum Gasteiger partial charge on any atom is -0.486 e. The number of nitrogens with zero attached hydrogens (tertiary/aromatic N) is 3. The second kappa shape index (κ2) is 6.23. The van der Waals surface area contributed by atoms with E-state index in [2.05, 4.69) is 4.90 Å². The van der Waals surface area contributed by atoms with Crippen molar-refractivity contribution < 1.29 is 23.9 Å². The molecule has 0 atom stereocenters. The molecule has 2 fully saturated rings. The fourth-order valence-electron chi connectivity index (χ4n) is 3.87. The zero-order valence-electron chi connectivity index (χ0n) is 15.0. The van der Waals surface area contributed by atoms with E-state index in [0.29, 0.717) is 68.8 Å². The summed E-state index contributed by atoms with van der Waals surface area (Å²) >= 11 is 0. The number of hydrogen-bond acceptors (Lipinski definition) is 6. The highest BCUT2D eigenvalue weighted by Crippen LogP contribution is 2.40. The number of Topliss-reactive ketones (excluding diaryl/α,β-unsaturated/α-hetero) is 1. The van der Waals surface area contributed by atoms with Gasteiger partial charge in [-0.3, -0.25) is 24.2 Å². The van der Waals surface area contributed by atoms with Crippen molar-refractivity contribution in [3.05, 3.63) is 17.7 Å². The molecule has 0 unspecified atom stereocenters. The summed E-state index contributed by atoms with van der Waals surface area (Å²) in [5.74, 6) is 0.529. The van der Waals surface area contributed by atoms with Crippen molar-refractivity contribution in [3.63, 3.8) is 0 Å². The minimum absolute atomic E-state index is 0.231. The van der Waals surface area contributed by atoms with Gasteiger partial charge in [-0.25, -0.2) is 0 Å². The molecule has 1 saturated carbocycles. The number of anilines is 1. The van der Waals surface area contributed by atoms with Gasteiger partial charge < -0.3 is 14.4 Å². The third-order valence-corrected chi connectivity index (χ3v) is 5.59. The van der Waals surface area contributed by atoms with Gasteiger partial charge in [0.1, 0.15) is 13.2 Å². The topological polar surface area (TPSA) is 79.4 Å². The van der Waals surface area contributed by atoms with Crippen LogP contribution in [-0.4, -0.2) is 73.5 Å². The number of ether oxygens (including phenoxy) is 2. The van der Waals surface area contributed by atoms with Crippen LogP contribution in [0.3, 0.4) is 0 Å². The van der Waals surface area contributed by atoms with Crippen LogP contribution >= 0.6 is 0 Å². The molecule has 0 spiro atoms. The fraction of sp³-hybridized carbons (Fsp3) is 0.526. The molecular weight excluding hydrogens is 350 g/mol. The highest BCUT2D eigenvalue weighted by Gasteiger charge is 2.39. The third kappa shape index (κ3) is 2.84. The Morgan fingerprint density at radius 3 is 2.33 bits per heavy atom. The Balaban J connectivity index is 1.31. The van der Waals surface area contributed by atoms with E-state index in [0.717, 1.165) is 12.8 Å². The maximum absolute atomic E-state index is 12.5. The van der Waals surface area contributed by atoms with Crippen molar-refractivity contribution >= 4 is 23.3 Å². The number of benzene rings is 1. The van der Waals surface area contributed by atoms with Crippen LogP contribution in [0.4, 0.5) is 5.69 Å². The van der Waals surface area contributed by atoms with E-state index in [4.69, 9.17) is 9.47 Å². The molecule has 1 aliphatic carbocycles. The summed E-state index contributed by atoms with van der Waals surface area (Å²) < 4.78 is 11.1. The molecular formula is C19H21N3O5. The van der Waals surface area contributed by atoms with Gasteiger partial charge in [0.2, 0.25) is 5.91 Å². The maximum atomic E-state index is 12.5. The first-order valence-corrected chi connectivity index (χ1v) is 9.43. The van der Waals surface area contributed by atoms with E-state index in [-0.39, 0.29) is 11.8 Å². The smallest absolute Gasteiger partial charge is 0.300 e. The third-order valence-electron chi connectivity index (χ3n) is 5.59. The lowest BCUT2D eigenvalue weighted by atomic mass is 10.1. The van der Waals surface area contributed by atoms with Crippen molar-refractivity contribution in [2.24, 2.45) is 5.92 Å². The van der Waals surface area contributed by atoms with E-state index in [1.165, 1.54) is 4.90 Å². The number of fused-ring (bicyclic) bond motifs is 2. The molecule has 8 heteroatoms. The van der Waals surface area contributed by atoms with Crippen LogP contribution in [0, 0.1) is 5.92 Å². The maximum Gasteiger partial charge on any atom is 0.300 e. The summed E-state index contributed by atoms with van der Waals surface area (Å²) in [5.41, 5.74) is 0.942. The molecule has 1 aromatic carbocycles. The molecule has 0 bridgehead atoms. The lowest BCUT2D eigenvalue weighted by molar-refractivity contribution is -0.134. The first-order valence-electron chi connectivity index (χ1n) is 9.43. The number of carbonyl (C=O) groups excluding carboxylic acids is 3. The van der Waals surface area contributed by atoms with Gasteiger partial charge >= 0.3 is 5.91 Å². The number of rotatable bonds is 3. The van der Waals surface area contributed by atoms with Crippen LogP contribution in [0.1, 0.15) is 23.2 Å². The van der Waals surface area contributed by atoms with Gasteiger partial charge in [0, 0.05) is 38.2 Å². The lowest BCUT2D eigenvalue weighted by Crippen LogP contribution is -2.52. The van der Waals surface area contributed by atoms with Gasteiger partial charge in [0.05, 0.1) is 17.9 Å². The Labute approximate surface area is 156 Å². The van der Waals surface area contributed by atoms with Gasteiger partial charge in [-0.05, 0) is 18.9 Å². The predicted octanol–water partition coefficient (Wildman–Crippen LogP) is 0.499. The molecule has 27 heavy (non-hydrogen) atoms. The molecule has 142 valence electrons. The molecule has 8 nitrogen and oxygen atoms in total. The van der Waals surface area contributed by atoms with Crippen LogP contribution in [0.5, 0.6) is 11.5 Å². The first-order chi connectivity index (χ1) is 13.1. The Kier molecular flexibility index (Phi) is 3.82. The van der Waals surface area contributed by atoms with E-state index in [1.807, 2.05) is 4.90 Å². The Bertz CT molecular complexity index is 827. The van der Waals surface area contributed by atoms with Crippen molar-refractivity contribution in [1.29, 1.82) is 0 Å². The van der Waals surface area contributed by atoms with Crippen LogP contribution < -0.4 is 14.4 Å². The second-order valence-corrected chi connectivity index (χ2v) is 7.43. The summed E-state index contributed by atoms with van der Waals surface area (Å²) in [4.78, 5) is 42.6. The van der Waals surface area contributed by atoms with Crippen molar-refractivity contribution in [2.75, 3.05) is 51.0 Å². The monoisotopic (exact) mass is 371 g/mol. The number of ketones is 1. The minimum atomic E-state index is -0.524. The molecule has 1 saturated heterocycles. The van der Waals surface area contributed by atoms with Crippen molar-refractivity contribution in [3.8, 4) is 11.5 Å². The van der Waals surface area contributed by atoms with E-state index < -0.39 is 11.7 Å². The van der Waals surface area contributed by atoms with Crippen LogP contribution in [-0.2, 0) is 9.59 Å². The summed E-state index contributed by atoms with van der Waals surface area (Å²) in [6, 6.07) is 3.33. The lowest BCUT2D eigenvalue weighted by Gasteiger charge is -2.36. The summed E-state index contributed by atoms with van der Waals surface area (Å²) in [6.45, 7) is 3.93. The molecule has 1 aromatic rings. The fourth-order valence-corrected chi connectivity index (χ4v) is 3.87. The van der Waals surface area contributed by atoms with Gasteiger partial charge in [0.25, 0.3) is 5.78 Å². The van der Waals surface area contributed by atoms with Crippen LogP contribution in [0.15, 0.2) is 12.1 Å². The molecule has 5 rings (SSSR count). The van der Waals surface area contributed by atoms with Gasteiger partial charge in [-0.2, -0.15) is 0 Å². The van der Waals surface area contributed by atoms with Crippen molar-refractivity contribution in [1.82, 2.24) is 9.80 Å². The molecule has 3 heterocycles. The Morgan fingerprint density at radius 2 is 1.67 bits per heavy atom. The Hall–Kier alpha value is -2.61. The van der Waals surface area contributed by atoms with Crippen molar-refractivity contribution in [2.45, 2.75) is 12.8 Å². The molecule has 0 radical (unpaired) electrons. The number of hydrogen-bond donors (Lipinski definition) is 0. The predicted molar refractivity (Wildman–Crippen MR) is 95.0 cm³/mol. The van der Waals surface area contributed by atoms with Gasteiger partial charge in [-0.1, -0.05) is 0 Å². The normalized spacial score (nSPS) is 22.2. The number of carbonyl (C=O) groups is 3. The molecule has 2 amide bonds. The second-order valence-electron chi connectivity index (χ2n) is 7.43. The highest BCUT2D eigenvalue weighted by molar-refractivity contribution is 6.52. The van der Waals surface area contributed by atoms with E-state index >= 15 is 0 Å². The largest absolute Gasteiger partial charge is 0.486 e. The molecule has 4 aliphatic rings. The van der Waals surface area contributed by atoms with Crippen LogP contribution in [0.25, 0.3) is 0 Å². The Morgan fingerprint density at radius 1 is 1.00 bits per heavy atom. The quantitative estimate of drug-likeness (QED) is 0.720. The first kappa shape index (κ1) is 16.6. The molecule has 0 aromatic heterocycles. The molecule has 3 aliphatic heterocycles. The van der Waals surface area contributed by atoms with Gasteiger partial charge in [-0.15, -0.1) is 0 Å². The standard InChI is InChI=1S/C19H21N3O5/c23-17-13-9-15-16(27-8-7-26-15)10-14(13)22(19(17)25)11-20-3-5-21(6-4-20)18(24)12-1-2-12/h9-10,12H,1-8,11H2. The SMILES string of the molecule is O=C1C(=O)N(CN2CCN(C(=O)C3CC3)CC2)c2cc3c(cc21)OCCO3. The number of amides is 2. The summed E-state index contributed by atoms with van der Waals surface area (Å²) in [5, 5.41) is 0. The van der Waals surface area contributed by atoms with Crippen LogP contribution in [0.2, 0.25) is 0 Å². The zero-order valence-corrected chi connectivity index (χ0v) is 15.0. The van der Waals surface area contributed by atoms with E-state index in [1.54, 1.807) is 12.1 Å². The number of piperazine rings is 1. The molecule has 0 N–H and O–H groups in total. The van der Waals surface area contributed by atoms with E-state index in [9.17, 15) is 14.4 Å². The summed E-state index contributed by atoms with van der Waals surface area (Å²) in [6.07, 6.45) is 2.02.